The van der Waals surface area contributed by atoms with E-state index >= 15 is 0 Å². The Hall–Kier alpha value is -2.14. The molecule has 1 atom stereocenters. The first-order chi connectivity index (χ1) is 8.61. The summed E-state index contributed by atoms with van der Waals surface area (Å²) < 4.78 is 1.61. The first-order valence-corrected chi connectivity index (χ1v) is 5.82. The molecule has 0 spiro atoms. The molecule has 2 rings (SSSR count). The third-order valence-corrected chi connectivity index (χ3v) is 2.89. The third kappa shape index (κ3) is 2.41. The van der Waals surface area contributed by atoms with Crippen LogP contribution in [0, 0.1) is 0 Å². The number of aromatic nitrogens is 2. The molecule has 0 aliphatic heterocycles. The van der Waals surface area contributed by atoms with Crippen LogP contribution in [0.1, 0.15) is 35.3 Å². The van der Waals surface area contributed by atoms with E-state index in [4.69, 9.17) is 11.5 Å². The minimum atomic E-state index is -0.481. The maximum absolute atomic E-state index is 11.0. The second kappa shape index (κ2) is 5.01. The van der Waals surface area contributed by atoms with Crippen molar-refractivity contribution in [2.45, 2.75) is 19.4 Å². The van der Waals surface area contributed by atoms with Gasteiger partial charge in [0.05, 0.1) is 17.4 Å². The SMILES string of the molecule is CC[C@@H](N)c1ccc(-n2cc(C(N)=O)cn2)cc1. The highest BCUT2D eigenvalue weighted by atomic mass is 16.1. The minimum Gasteiger partial charge on any atom is -0.366 e. The van der Waals surface area contributed by atoms with Crippen LogP contribution in [0.4, 0.5) is 0 Å². The Balaban J connectivity index is 2.25. The van der Waals surface area contributed by atoms with Crippen LogP contribution in [0.15, 0.2) is 36.7 Å². The summed E-state index contributed by atoms with van der Waals surface area (Å²) in [7, 11) is 0. The van der Waals surface area contributed by atoms with Crippen LogP contribution >= 0.6 is 0 Å². The van der Waals surface area contributed by atoms with E-state index in [1.54, 1.807) is 10.9 Å². The monoisotopic (exact) mass is 244 g/mol. The number of hydrogen-bond acceptors (Lipinski definition) is 3. The summed E-state index contributed by atoms with van der Waals surface area (Å²) in [4.78, 5) is 11.0. The summed E-state index contributed by atoms with van der Waals surface area (Å²) in [6, 6.07) is 7.83. The van der Waals surface area contributed by atoms with E-state index in [1.165, 1.54) is 6.20 Å². The van der Waals surface area contributed by atoms with Crippen LogP contribution in [0.5, 0.6) is 0 Å². The molecule has 5 nitrogen and oxygen atoms in total. The highest BCUT2D eigenvalue weighted by molar-refractivity contribution is 5.92. The summed E-state index contributed by atoms with van der Waals surface area (Å²) in [6.07, 6.45) is 3.96. The molecule has 18 heavy (non-hydrogen) atoms. The van der Waals surface area contributed by atoms with Crippen molar-refractivity contribution in [2.75, 3.05) is 0 Å². The van der Waals surface area contributed by atoms with Gasteiger partial charge in [0.25, 0.3) is 5.91 Å². The van der Waals surface area contributed by atoms with Crippen LogP contribution in [0.3, 0.4) is 0 Å². The second-order valence-corrected chi connectivity index (χ2v) is 4.14. The second-order valence-electron chi connectivity index (χ2n) is 4.14. The quantitative estimate of drug-likeness (QED) is 0.851. The summed E-state index contributed by atoms with van der Waals surface area (Å²) >= 11 is 0. The summed E-state index contributed by atoms with van der Waals surface area (Å²) in [5.41, 5.74) is 13.5. The van der Waals surface area contributed by atoms with E-state index in [0.717, 1.165) is 17.7 Å². The van der Waals surface area contributed by atoms with Crippen molar-refractivity contribution in [2.24, 2.45) is 11.5 Å². The van der Waals surface area contributed by atoms with Gasteiger partial charge < -0.3 is 11.5 Å². The molecule has 0 aliphatic rings. The number of benzene rings is 1. The molecule has 0 radical (unpaired) electrons. The molecule has 5 heteroatoms. The Labute approximate surface area is 105 Å². The minimum absolute atomic E-state index is 0.0536. The van der Waals surface area contributed by atoms with Crippen LogP contribution in [-0.4, -0.2) is 15.7 Å². The number of nitrogens with zero attached hydrogens (tertiary/aromatic N) is 2. The Morgan fingerprint density at radius 2 is 2.06 bits per heavy atom. The van der Waals surface area contributed by atoms with Gasteiger partial charge in [-0.25, -0.2) is 4.68 Å². The zero-order valence-corrected chi connectivity index (χ0v) is 10.2. The fourth-order valence-electron chi connectivity index (χ4n) is 1.70. The number of primary amides is 1. The molecule has 1 amide bonds. The normalized spacial score (nSPS) is 12.3. The van der Waals surface area contributed by atoms with Gasteiger partial charge in [0, 0.05) is 12.2 Å². The summed E-state index contributed by atoms with van der Waals surface area (Å²) in [5, 5.41) is 4.09. The Morgan fingerprint density at radius 3 is 2.56 bits per heavy atom. The first kappa shape index (κ1) is 12.3. The molecule has 0 aliphatic carbocycles. The maximum Gasteiger partial charge on any atom is 0.251 e. The van der Waals surface area contributed by atoms with Gasteiger partial charge in [0.2, 0.25) is 0 Å². The van der Waals surface area contributed by atoms with Crippen molar-refractivity contribution in [1.29, 1.82) is 0 Å². The molecule has 4 N–H and O–H groups in total. The highest BCUT2D eigenvalue weighted by Crippen LogP contribution is 2.16. The van der Waals surface area contributed by atoms with Crippen molar-refractivity contribution < 1.29 is 4.79 Å². The van der Waals surface area contributed by atoms with Gasteiger partial charge in [-0.3, -0.25) is 4.79 Å². The number of amides is 1. The molecule has 1 aromatic carbocycles. The number of hydrogen-bond donors (Lipinski definition) is 2. The third-order valence-electron chi connectivity index (χ3n) is 2.89. The highest BCUT2D eigenvalue weighted by Gasteiger charge is 2.06. The molecule has 0 saturated heterocycles. The lowest BCUT2D eigenvalue weighted by atomic mass is 10.1. The lowest BCUT2D eigenvalue weighted by Gasteiger charge is -2.09. The molecule has 0 unspecified atom stereocenters. The van der Waals surface area contributed by atoms with Gasteiger partial charge >= 0.3 is 0 Å². The van der Waals surface area contributed by atoms with E-state index in [-0.39, 0.29) is 6.04 Å². The molecule has 94 valence electrons. The molecule has 1 aromatic heterocycles. The number of nitrogens with two attached hydrogens (primary N) is 2. The molecule has 0 bridgehead atoms. The maximum atomic E-state index is 11.0. The lowest BCUT2D eigenvalue weighted by Crippen LogP contribution is -2.09. The number of rotatable bonds is 4. The summed E-state index contributed by atoms with van der Waals surface area (Å²) in [6.45, 7) is 2.05. The van der Waals surface area contributed by atoms with Crippen LogP contribution in [0.2, 0.25) is 0 Å². The van der Waals surface area contributed by atoms with E-state index in [9.17, 15) is 4.79 Å². The standard InChI is InChI=1S/C13H16N4O/c1-2-12(14)9-3-5-11(6-4-9)17-8-10(7-16-17)13(15)18/h3-8,12H,2,14H2,1H3,(H2,15,18)/t12-/m1/s1. The van der Waals surface area contributed by atoms with E-state index < -0.39 is 5.91 Å². The molecule has 1 heterocycles. The van der Waals surface area contributed by atoms with E-state index in [2.05, 4.69) is 5.10 Å². The largest absolute Gasteiger partial charge is 0.366 e. The number of carbonyl (C=O) groups excluding carboxylic acids is 1. The van der Waals surface area contributed by atoms with E-state index in [0.29, 0.717) is 5.56 Å². The zero-order chi connectivity index (χ0) is 13.1. The average molecular weight is 244 g/mol. The van der Waals surface area contributed by atoms with Gasteiger partial charge in [-0.1, -0.05) is 19.1 Å². The topological polar surface area (TPSA) is 86.9 Å². The Kier molecular flexibility index (Phi) is 3.43. The van der Waals surface area contributed by atoms with Crippen molar-refractivity contribution in [1.82, 2.24) is 9.78 Å². The first-order valence-electron chi connectivity index (χ1n) is 5.82. The smallest absolute Gasteiger partial charge is 0.251 e. The van der Waals surface area contributed by atoms with Crippen molar-refractivity contribution in [3.05, 3.63) is 47.8 Å². The van der Waals surface area contributed by atoms with Gasteiger partial charge in [0.15, 0.2) is 0 Å². The van der Waals surface area contributed by atoms with Gasteiger partial charge in [0.1, 0.15) is 0 Å². The fourth-order valence-corrected chi connectivity index (χ4v) is 1.70. The van der Waals surface area contributed by atoms with Crippen molar-refractivity contribution in [3.8, 4) is 5.69 Å². The van der Waals surface area contributed by atoms with Gasteiger partial charge in [-0.15, -0.1) is 0 Å². The van der Waals surface area contributed by atoms with Crippen molar-refractivity contribution in [3.63, 3.8) is 0 Å². The van der Waals surface area contributed by atoms with Gasteiger partial charge in [-0.05, 0) is 24.1 Å². The molecule has 0 fully saturated rings. The molecular weight excluding hydrogens is 228 g/mol. The summed E-state index contributed by atoms with van der Waals surface area (Å²) in [5.74, 6) is -0.481. The predicted octanol–water partition coefficient (Wildman–Crippen LogP) is 1.38. The predicted molar refractivity (Wildman–Crippen MR) is 69.3 cm³/mol. The van der Waals surface area contributed by atoms with Crippen LogP contribution in [-0.2, 0) is 0 Å². The Bertz CT molecular complexity index is 544. The average Bonchev–Trinajstić information content (AvgIpc) is 2.88. The zero-order valence-electron chi connectivity index (χ0n) is 10.2. The lowest BCUT2D eigenvalue weighted by molar-refractivity contribution is 0.100. The molecule has 2 aromatic rings. The molecule has 0 saturated carbocycles. The van der Waals surface area contributed by atoms with E-state index in [1.807, 2.05) is 31.2 Å². The Morgan fingerprint density at radius 1 is 1.39 bits per heavy atom. The molecular formula is C13H16N4O. The van der Waals surface area contributed by atoms with Crippen molar-refractivity contribution >= 4 is 5.91 Å². The van der Waals surface area contributed by atoms with Gasteiger partial charge in [-0.2, -0.15) is 5.10 Å². The van der Waals surface area contributed by atoms with Crippen LogP contribution < -0.4 is 11.5 Å². The fraction of sp³-hybridized carbons (Fsp3) is 0.231. The van der Waals surface area contributed by atoms with Crippen LogP contribution in [0.25, 0.3) is 5.69 Å². The number of carbonyl (C=O) groups is 1.